The Labute approximate surface area is 194 Å². The van der Waals surface area contributed by atoms with Crippen LogP contribution in [0.25, 0.3) is 11.7 Å². The van der Waals surface area contributed by atoms with E-state index in [1.807, 2.05) is 12.1 Å². The third-order valence-electron chi connectivity index (χ3n) is 5.88. The summed E-state index contributed by atoms with van der Waals surface area (Å²) in [7, 11) is 0. The van der Waals surface area contributed by atoms with Crippen molar-refractivity contribution in [2.45, 2.75) is 26.3 Å². The maximum atomic E-state index is 13.4. The molecule has 3 aromatic rings. The van der Waals surface area contributed by atoms with E-state index in [0.717, 1.165) is 25.9 Å². The Morgan fingerprint density at radius 2 is 2.03 bits per heavy atom. The van der Waals surface area contributed by atoms with Crippen molar-refractivity contribution in [1.82, 2.24) is 14.3 Å². The number of nitrogens with zero attached hydrogens (tertiary/aromatic N) is 4. The van der Waals surface area contributed by atoms with E-state index in [-0.39, 0.29) is 18.0 Å². The van der Waals surface area contributed by atoms with Gasteiger partial charge >= 0.3 is 0 Å². The number of aromatic nitrogens is 2. The molecule has 2 aliphatic heterocycles. The molecule has 3 aromatic heterocycles. The number of amides is 1. The Kier molecular flexibility index (Phi) is 5.60. The van der Waals surface area contributed by atoms with Crippen molar-refractivity contribution >= 4 is 51.7 Å². The highest BCUT2D eigenvalue weighted by molar-refractivity contribution is 8.26. The van der Waals surface area contributed by atoms with Gasteiger partial charge in [-0.05, 0) is 49.1 Å². The number of hydrogen-bond acceptors (Lipinski definition) is 7. The quantitative estimate of drug-likeness (QED) is 0.426. The summed E-state index contributed by atoms with van der Waals surface area (Å²) in [5, 5.41) is 0. The van der Waals surface area contributed by atoms with Crippen molar-refractivity contribution in [3.05, 3.63) is 69.4 Å². The number of furan rings is 1. The lowest BCUT2D eigenvalue weighted by Gasteiger charge is -2.32. The summed E-state index contributed by atoms with van der Waals surface area (Å²) < 4.78 is 7.33. The number of anilines is 1. The SMILES string of the molecule is CC1CCN(c2nc3ccccn3c(=O)c2/C=C2\SC(=S)N(Cc3ccco3)C2=O)CC1. The second-order valence-electron chi connectivity index (χ2n) is 8.10. The molecule has 2 fully saturated rings. The van der Waals surface area contributed by atoms with Crippen molar-refractivity contribution in [3.8, 4) is 0 Å². The van der Waals surface area contributed by atoms with Gasteiger partial charge in [0.15, 0.2) is 0 Å². The Morgan fingerprint density at radius 1 is 1.22 bits per heavy atom. The molecule has 32 heavy (non-hydrogen) atoms. The number of thioether (sulfide) groups is 1. The molecule has 0 spiro atoms. The number of pyridine rings is 1. The van der Waals surface area contributed by atoms with Crippen LogP contribution in [0.3, 0.4) is 0 Å². The molecule has 164 valence electrons. The van der Waals surface area contributed by atoms with E-state index in [4.69, 9.17) is 21.6 Å². The third kappa shape index (κ3) is 3.86. The first-order chi connectivity index (χ1) is 15.5. The van der Waals surface area contributed by atoms with Gasteiger partial charge in [-0.25, -0.2) is 4.98 Å². The van der Waals surface area contributed by atoms with Crippen LogP contribution < -0.4 is 10.5 Å². The minimum atomic E-state index is -0.229. The molecule has 7 nitrogen and oxygen atoms in total. The molecule has 0 N–H and O–H groups in total. The van der Waals surface area contributed by atoms with Gasteiger partial charge in [0.05, 0.1) is 23.3 Å². The summed E-state index contributed by atoms with van der Waals surface area (Å²) in [6.07, 6.45) is 7.01. The van der Waals surface area contributed by atoms with Gasteiger partial charge in [0.25, 0.3) is 11.5 Å². The first kappa shape index (κ1) is 21.0. The average molecular weight is 467 g/mol. The van der Waals surface area contributed by atoms with E-state index in [2.05, 4.69) is 11.8 Å². The summed E-state index contributed by atoms with van der Waals surface area (Å²) in [4.78, 5) is 35.4. The Bertz CT molecular complexity index is 1270. The van der Waals surface area contributed by atoms with Gasteiger partial charge in [-0.2, -0.15) is 0 Å². The molecule has 5 heterocycles. The molecule has 0 unspecified atom stereocenters. The first-order valence-corrected chi connectivity index (χ1v) is 11.8. The minimum Gasteiger partial charge on any atom is -0.467 e. The molecule has 1 amide bonds. The molecular formula is C23H22N4O3S2. The third-order valence-corrected chi connectivity index (χ3v) is 7.25. The van der Waals surface area contributed by atoms with Crippen LogP contribution in [0.1, 0.15) is 31.1 Å². The monoisotopic (exact) mass is 466 g/mol. The molecule has 0 aliphatic carbocycles. The lowest BCUT2D eigenvalue weighted by molar-refractivity contribution is -0.122. The number of piperidine rings is 1. The van der Waals surface area contributed by atoms with Gasteiger partial charge in [0.2, 0.25) is 0 Å². The van der Waals surface area contributed by atoms with Crippen LogP contribution in [0.15, 0.2) is 56.9 Å². The fourth-order valence-corrected chi connectivity index (χ4v) is 5.24. The maximum Gasteiger partial charge on any atom is 0.267 e. The molecule has 0 saturated carbocycles. The van der Waals surface area contributed by atoms with Gasteiger partial charge in [0, 0.05) is 19.3 Å². The van der Waals surface area contributed by atoms with E-state index in [1.165, 1.54) is 21.1 Å². The lowest BCUT2D eigenvalue weighted by Crippen LogP contribution is -2.36. The summed E-state index contributed by atoms with van der Waals surface area (Å²) in [6.45, 7) is 4.17. The van der Waals surface area contributed by atoms with E-state index in [1.54, 1.807) is 36.7 Å². The highest BCUT2D eigenvalue weighted by Gasteiger charge is 2.33. The maximum absolute atomic E-state index is 13.4. The van der Waals surface area contributed by atoms with Crippen molar-refractivity contribution in [2.75, 3.05) is 18.0 Å². The van der Waals surface area contributed by atoms with E-state index in [9.17, 15) is 9.59 Å². The number of fused-ring (bicyclic) bond motifs is 1. The van der Waals surface area contributed by atoms with Gasteiger partial charge in [-0.15, -0.1) is 0 Å². The number of rotatable bonds is 4. The van der Waals surface area contributed by atoms with Gasteiger partial charge in [-0.1, -0.05) is 37.0 Å². The zero-order valence-corrected chi connectivity index (χ0v) is 19.2. The van der Waals surface area contributed by atoms with Crippen LogP contribution in [-0.4, -0.2) is 37.6 Å². The van der Waals surface area contributed by atoms with Crippen LogP contribution in [0.4, 0.5) is 5.82 Å². The molecule has 0 radical (unpaired) electrons. The zero-order valence-electron chi connectivity index (χ0n) is 17.6. The van der Waals surface area contributed by atoms with Crippen molar-refractivity contribution in [1.29, 1.82) is 0 Å². The van der Waals surface area contributed by atoms with Crippen molar-refractivity contribution in [2.24, 2.45) is 5.92 Å². The smallest absolute Gasteiger partial charge is 0.267 e. The van der Waals surface area contributed by atoms with E-state index < -0.39 is 0 Å². The number of hydrogen-bond donors (Lipinski definition) is 0. The molecule has 5 rings (SSSR count). The first-order valence-electron chi connectivity index (χ1n) is 10.6. The highest BCUT2D eigenvalue weighted by atomic mass is 32.2. The second-order valence-corrected chi connectivity index (χ2v) is 9.78. The standard InChI is InChI=1S/C23H22N4O3S2/c1-15-7-10-25(11-8-15)20-17(21(28)26-9-3-2-6-19(26)24-20)13-18-22(29)27(23(31)32-18)14-16-5-4-12-30-16/h2-6,9,12-13,15H,7-8,10-11,14H2,1H3/b18-13-. The molecule has 0 aromatic carbocycles. The molecular weight excluding hydrogens is 444 g/mol. The highest BCUT2D eigenvalue weighted by Crippen LogP contribution is 2.35. The summed E-state index contributed by atoms with van der Waals surface area (Å²) >= 11 is 6.64. The number of carbonyl (C=O) groups is 1. The fraction of sp³-hybridized carbons (Fsp3) is 0.304. The van der Waals surface area contributed by atoms with Crippen molar-refractivity contribution in [3.63, 3.8) is 0 Å². The van der Waals surface area contributed by atoms with Gasteiger partial charge in [0.1, 0.15) is 21.5 Å². The second kappa shape index (κ2) is 8.55. The molecule has 9 heteroatoms. The largest absolute Gasteiger partial charge is 0.467 e. The summed E-state index contributed by atoms with van der Waals surface area (Å²) in [5.41, 5.74) is 0.816. The molecule has 2 saturated heterocycles. The topological polar surface area (TPSA) is 71.1 Å². The predicted octanol–water partition coefficient (Wildman–Crippen LogP) is 3.93. The van der Waals surface area contributed by atoms with Crippen LogP contribution in [0, 0.1) is 5.92 Å². The van der Waals surface area contributed by atoms with Gasteiger partial charge < -0.3 is 9.32 Å². The summed E-state index contributed by atoms with van der Waals surface area (Å²) in [5.74, 6) is 1.70. The Balaban J connectivity index is 1.57. The normalized spacial score (nSPS) is 19.0. The van der Waals surface area contributed by atoms with Crippen LogP contribution in [-0.2, 0) is 11.3 Å². The zero-order chi connectivity index (χ0) is 22.2. The number of thiocarbonyl (C=S) groups is 1. The Morgan fingerprint density at radius 3 is 2.78 bits per heavy atom. The average Bonchev–Trinajstić information content (AvgIpc) is 3.40. The van der Waals surface area contributed by atoms with E-state index >= 15 is 0 Å². The summed E-state index contributed by atoms with van der Waals surface area (Å²) in [6, 6.07) is 9.06. The van der Waals surface area contributed by atoms with Crippen LogP contribution in [0.2, 0.25) is 0 Å². The van der Waals surface area contributed by atoms with Crippen molar-refractivity contribution < 1.29 is 9.21 Å². The predicted molar refractivity (Wildman–Crippen MR) is 129 cm³/mol. The lowest BCUT2D eigenvalue weighted by atomic mass is 9.99. The van der Waals surface area contributed by atoms with E-state index in [0.29, 0.717) is 37.9 Å². The van der Waals surface area contributed by atoms with Crippen LogP contribution >= 0.6 is 24.0 Å². The molecule has 0 atom stereocenters. The minimum absolute atomic E-state index is 0.194. The van der Waals surface area contributed by atoms with Gasteiger partial charge in [-0.3, -0.25) is 18.9 Å². The molecule has 2 aliphatic rings. The fourth-order valence-electron chi connectivity index (χ4n) is 4.00. The molecule has 0 bridgehead atoms. The number of carbonyl (C=O) groups excluding carboxylic acids is 1. The Hall–Kier alpha value is -2.91. The van der Waals surface area contributed by atoms with Crippen LogP contribution in [0.5, 0.6) is 0 Å².